The number of hydrogen-bond donors (Lipinski definition) is 2. The van der Waals surface area contributed by atoms with Gasteiger partial charge in [0.25, 0.3) is 10.0 Å². The monoisotopic (exact) mass is 386 g/mol. The Labute approximate surface area is 159 Å². The summed E-state index contributed by atoms with van der Waals surface area (Å²) in [6.07, 6.45) is 6.49. The van der Waals surface area contributed by atoms with Crippen molar-refractivity contribution in [1.82, 2.24) is 0 Å². The average molecular weight is 386 g/mol. The Kier molecular flexibility index (Phi) is 6.79. The molecule has 6 nitrogen and oxygen atoms in total. The third-order valence-corrected chi connectivity index (χ3v) is 5.16. The van der Waals surface area contributed by atoms with Crippen LogP contribution in [0.3, 0.4) is 0 Å². The van der Waals surface area contributed by atoms with Crippen LogP contribution in [-0.2, 0) is 14.8 Å². The van der Waals surface area contributed by atoms with Crippen LogP contribution in [0.25, 0.3) is 0 Å². The summed E-state index contributed by atoms with van der Waals surface area (Å²) >= 11 is 0. The summed E-state index contributed by atoms with van der Waals surface area (Å²) in [7, 11) is -2.28. The van der Waals surface area contributed by atoms with Gasteiger partial charge in [-0.25, -0.2) is 8.42 Å². The molecule has 2 rings (SSSR count). The van der Waals surface area contributed by atoms with Gasteiger partial charge in [0.05, 0.1) is 12.0 Å². The van der Waals surface area contributed by atoms with Gasteiger partial charge in [-0.1, -0.05) is 24.3 Å². The molecule has 2 aromatic rings. The molecule has 0 aliphatic heterocycles. The van der Waals surface area contributed by atoms with Crippen molar-refractivity contribution in [2.24, 2.45) is 0 Å². The van der Waals surface area contributed by atoms with E-state index in [1.54, 1.807) is 61.5 Å². The number of ether oxygens (including phenoxy) is 1. The van der Waals surface area contributed by atoms with Gasteiger partial charge in [-0.15, -0.1) is 0 Å². The van der Waals surface area contributed by atoms with Crippen molar-refractivity contribution in [3.05, 3.63) is 72.3 Å². The average Bonchev–Trinajstić information content (AvgIpc) is 2.64. The number of allylic oxidation sites excluding steroid dienone is 3. The van der Waals surface area contributed by atoms with E-state index in [4.69, 9.17) is 4.74 Å². The van der Waals surface area contributed by atoms with E-state index in [1.165, 1.54) is 19.3 Å². The fourth-order valence-electron chi connectivity index (χ4n) is 2.27. The zero-order valence-electron chi connectivity index (χ0n) is 15.4. The van der Waals surface area contributed by atoms with Crippen LogP contribution < -0.4 is 14.8 Å². The Hall–Kier alpha value is -3.06. The van der Waals surface area contributed by atoms with E-state index < -0.39 is 10.0 Å². The van der Waals surface area contributed by atoms with Gasteiger partial charge in [0.15, 0.2) is 0 Å². The fourth-order valence-corrected chi connectivity index (χ4v) is 3.60. The van der Waals surface area contributed by atoms with Gasteiger partial charge in [-0.05, 0) is 55.8 Å². The smallest absolute Gasteiger partial charge is 0.262 e. The zero-order valence-corrected chi connectivity index (χ0v) is 16.2. The molecule has 0 saturated heterocycles. The maximum atomic E-state index is 12.7. The highest BCUT2D eigenvalue weighted by Gasteiger charge is 2.18. The van der Waals surface area contributed by atoms with E-state index in [2.05, 4.69) is 10.0 Å². The predicted molar refractivity (Wildman–Crippen MR) is 108 cm³/mol. The molecule has 2 N–H and O–H groups in total. The topological polar surface area (TPSA) is 84.5 Å². The van der Waals surface area contributed by atoms with E-state index in [-0.39, 0.29) is 10.8 Å². The molecular formula is C20H22N2O4S. The Morgan fingerprint density at radius 3 is 2.33 bits per heavy atom. The summed E-state index contributed by atoms with van der Waals surface area (Å²) in [6.45, 7) is 3.54. The molecule has 0 heterocycles. The first-order valence-electron chi connectivity index (χ1n) is 8.23. The Bertz CT molecular complexity index is 962. The van der Waals surface area contributed by atoms with Gasteiger partial charge < -0.3 is 10.1 Å². The third-order valence-electron chi connectivity index (χ3n) is 3.64. The number of benzene rings is 2. The molecule has 27 heavy (non-hydrogen) atoms. The Balaban J connectivity index is 2.23. The lowest BCUT2D eigenvalue weighted by molar-refractivity contribution is -0.111. The van der Waals surface area contributed by atoms with Crippen LogP contribution in [0.4, 0.5) is 11.4 Å². The summed E-state index contributed by atoms with van der Waals surface area (Å²) in [5, 5.41) is 2.65. The van der Waals surface area contributed by atoms with Crippen LogP contribution in [-0.4, -0.2) is 21.4 Å². The van der Waals surface area contributed by atoms with E-state index in [0.29, 0.717) is 22.7 Å². The van der Waals surface area contributed by atoms with E-state index >= 15 is 0 Å². The normalized spacial score (nSPS) is 11.7. The first-order valence-corrected chi connectivity index (χ1v) is 9.72. The predicted octanol–water partition coefficient (Wildman–Crippen LogP) is 3.88. The molecule has 7 heteroatoms. The third kappa shape index (κ3) is 5.72. The van der Waals surface area contributed by atoms with Crippen molar-refractivity contribution < 1.29 is 17.9 Å². The van der Waals surface area contributed by atoms with E-state index in [0.717, 1.165) is 0 Å². The number of carbonyl (C=O) groups is 1. The number of amides is 1. The highest BCUT2D eigenvalue weighted by molar-refractivity contribution is 7.92. The minimum Gasteiger partial charge on any atom is -0.497 e. The molecule has 0 saturated carbocycles. The molecule has 1 amide bonds. The summed E-state index contributed by atoms with van der Waals surface area (Å²) < 4.78 is 33.1. The van der Waals surface area contributed by atoms with Crippen molar-refractivity contribution in [2.75, 3.05) is 17.1 Å². The van der Waals surface area contributed by atoms with Gasteiger partial charge >= 0.3 is 0 Å². The molecule has 0 atom stereocenters. The lowest BCUT2D eigenvalue weighted by Gasteiger charge is -2.12. The van der Waals surface area contributed by atoms with Gasteiger partial charge in [0.1, 0.15) is 5.75 Å². The summed E-state index contributed by atoms with van der Waals surface area (Å²) in [6, 6.07) is 11.3. The van der Waals surface area contributed by atoms with Crippen LogP contribution >= 0.6 is 0 Å². The van der Waals surface area contributed by atoms with Gasteiger partial charge in [-0.2, -0.15) is 0 Å². The van der Waals surface area contributed by atoms with Crippen LogP contribution in [0.1, 0.15) is 12.5 Å². The standard InChI is InChI=1S/C20H22N2O4S/c1-4-5-6-7-20(23)21-17-9-8-15(2)19(14-17)27(24,25)22-16-10-12-18(26-3)13-11-16/h4-14,22H,1-3H3,(H,21,23)/b5-4+,7-6+. The number of carbonyl (C=O) groups excluding carboxylic acids is 1. The molecule has 142 valence electrons. The van der Waals surface area contributed by atoms with E-state index in [9.17, 15) is 13.2 Å². The minimum absolute atomic E-state index is 0.0913. The van der Waals surface area contributed by atoms with Crippen molar-refractivity contribution in [2.45, 2.75) is 18.7 Å². The molecule has 0 bridgehead atoms. The molecule has 0 fully saturated rings. The highest BCUT2D eigenvalue weighted by Crippen LogP contribution is 2.24. The Morgan fingerprint density at radius 2 is 1.70 bits per heavy atom. The maximum absolute atomic E-state index is 12.7. The van der Waals surface area contributed by atoms with Crippen LogP contribution in [0, 0.1) is 6.92 Å². The fraction of sp³-hybridized carbons (Fsp3) is 0.150. The number of nitrogens with one attached hydrogen (secondary N) is 2. The molecule has 0 aliphatic rings. The van der Waals surface area contributed by atoms with Crippen molar-refractivity contribution in [3.8, 4) is 5.75 Å². The quantitative estimate of drug-likeness (QED) is 0.559. The number of anilines is 2. The number of rotatable bonds is 7. The van der Waals surface area contributed by atoms with Crippen LogP contribution in [0.15, 0.2) is 71.7 Å². The lowest BCUT2D eigenvalue weighted by atomic mass is 10.2. The number of aryl methyl sites for hydroxylation is 1. The zero-order chi connectivity index (χ0) is 19.9. The van der Waals surface area contributed by atoms with Crippen molar-refractivity contribution in [3.63, 3.8) is 0 Å². The van der Waals surface area contributed by atoms with Gasteiger partial charge in [0.2, 0.25) is 5.91 Å². The SMILES string of the molecule is C/C=C/C=C/C(=O)Nc1ccc(C)c(S(=O)(=O)Nc2ccc(OC)cc2)c1. The van der Waals surface area contributed by atoms with Gasteiger partial charge in [-0.3, -0.25) is 9.52 Å². The lowest BCUT2D eigenvalue weighted by Crippen LogP contribution is -2.15. The first-order chi connectivity index (χ1) is 12.9. The van der Waals surface area contributed by atoms with Crippen LogP contribution in [0.2, 0.25) is 0 Å². The molecule has 0 spiro atoms. The van der Waals surface area contributed by atoms with Gasteiger partial charge in [0, 0.05) is 17.5 Å². The number of methoxy groups -OCH3 is 1. The number of sulfonamides is 1. The largest absolute Gasteiger partial charge is 0.497 e. The molecule has 0 radical (unpaired) electrons. The molecule has 0 unspecified atom stereocenters. The number of hydrogen-bond acceptors (Lipinski definition) is 4. The van der Waals surface area contributed by atoms with Crippen molar-refractivity contribution >= 4 is 27.3 Å². The maximum Gasteiger partial charge on any atom is 0.262 e. The second kappa shape index (κ2) is 9.05. The first kappa shape index (κ1) is 20.3. The second-order valence-electron chi connectivity index (χ2n) is 5.69. The highest BCUT2D eigenvalue weighted by atomic mass is 32.2. The Morgan fingerprint density at radius 1 is 1.04 bits per heavy atom. The summed E-state index contributed by atoms with van der Waals surface area (Å²) in [5.74, 6) is 0.285. The summed E-state index contributed by atoms with van der Waals surface area (Å²) in [5.41, 5.74) is 1.38. The second-order valence-corrected chi connectivity index (χ2v) is 7.34. The summed E-state index contributed by atoms with van der Waals surface area (Å²) in [4.78, 5) is 12.0. The minimum atomic E-state index is -3.81. The molecular weight excluding hydrogens is 364 g/mol. The van der Waals surface area contributed by atoms with E-state index in [1.807, 2.05) is 6.92 Å². The molecule has 0 aromatic heterocycles. The van der Waals surface area contributed by atoms with Crippen molar-refractivity contribution in [1.29, 1.82) is 0 Å². The molecule has 0 aliphatic carbocycles. The van der Waals surface area contributed by atoms with Crippen LogP contribution in [0.5, 0.6) is 5.75 Å². The molecule has 2 aromatic carbocycles.